The van der Waals surface area contributed by atoms with E-state index in [1.165, 1.54) is 7.11 Å². The minimum Gasteiger partial charge on any atom is -0.490 e. The monoisotopic (exact) mass is 384 g/mol. The smallest absolute Gasteiger partial charge is 0.289 e. The van der Waals surface area contributed by atoms with Crippen molar-refractivity contribution in [3.05, 3.63) is 64.2 Å². The fourth-order valence-corrected chi connectivity index (χ4v) is 3.37. The van der Waals surface area contributed by atoms with Gasteiger partial charge in [0.1, 0.15) is 6.26 Å². The minimum absolute atomic E-state index is 0.0159. The Bertz CT molecular complexity index is 893. The van der Waals surface area contributed by atoms with Crippen molar-refractivity contribution in [3.8, 4) is 5.75 Å². The van der Waals surface area contributed by atoms with Crippen molar-refractivity contribution in [2.45, 2.75) is 32.4 Å². The minimum atomic E-state index is -0.416. The molecule has 28 heavy (non-hydrogen) atoms. The van der Waals surface area contributed by atoms with E-state index in [4.69, 9.17) is 9.15 Å². The molecule has 1 saturated heterocycles. The molecule has 3 rings (SSSR count). The second-order valence-electron chi connectivity index (χ2n) is 6.75. The van der Waals surface area contributed by atoms with Crippen LogP contribution in [0.4, 0.5) is 0 Å². The van der Waals surface area contributed by atoms with Crippen molar-refractivity contribution >= 4 is 11.8 Å². The Morgan fingerprint density at radius 2 is 2.00 bits per heavy atom. The summed E-state index contributed by atoms with van der Waals surface area (Å²) < 4.78 is 10.2. The third-order valence-electron chi connectivity index (χ3n) is 4.97. The molecule has 1 aromatic carbocycles. The summed E-state index contributed by atoms with van der Waals surface area (Å²) in [5.41, 5.74) is 0.635. The van der Waals surface area contributed by atoms with Crippen LogP contribution in [0.3, 0.4) is 0 Å². The Balaban J connectivity index is 1.79. The number of hydrogen-bond donors (Lipinski definition) is 0. The first-order valence-corrected chi connectivity index (χ1v) is 9.33. The molecule has 1 fully saturated rings. The topological polar surface area (TPSA) is 80.1 Å². The van der Waals surface area contributed by atoms with Gasteiger partial charge in [0, 0.05) is 38.2 Å². The highest BCUT2D eigenvalue weighted by molar-refractivity contribution is 5.92. The largest absolute Gasteiger partial charge is 0.490 e. The Labute approximate surface area is 163 Å². The summed E-state index contributed by atoms with van der Waals surface area (Å²) in [5, 5.41) is 0. The molecule has 1 atom stereocenters. The molecule has 0 N–H and O–H groups in total. The van der Waals surface area contributed by atoms with Crippen molar-refractivity contribution < 1.29 is 18.7 Å². The fraction of sp³-hybridized carbons (Fsp3) is 0.381. The van der Waals surface area contributed by atoms with E-state index < -0.39 is 11.3 Å². The molecule has 1 aliphatic heterocycles. The van der Waals surface area contributed by atoms with E-state index in [1.807, 2.05) is 42.2 Å². The van der Waals surface area contributed by atoms with Gasteiger partial charge in [-0.3, -0.25) is 14.4 Å². The molecular formula is C21H24N2O5. The standard InChI is InChI=1S/C21H24N2O5/c1-3-16-13-22(21(26)18-11-17(24)19(27-2)14-28-18)10-9-20(25)23(16)12-15-7-5-4-6-8-15/h4-8,11,14,16H,3,9-10,12-13H2,1-2H3/t16-/m1/s1. The summed E-state index contributed by atoms with van der Waals surface area (Å²) in [6, 6.07) is 10.8. The van der Waals surface area contributed by atoms with E-state index in [-0.39, 0.29) is 36.4 Å². The number of benzene rings is 1. The van der Waals surface area contributed by atoms with Gasteiger partial charge >= 0.3 is 0 Å². The maximum Gasteiger partial charge on any atom is 0.289 e. The van der Waals surface area contributed by atoms with E-state index in [0.29, 0.717) is 13.1 Å². The summed E-state index contributed by atoms with van der Waals surface area (Å²) in [6.07, 6.45) is 2.09. The van der Waals surface area contributed by atoms with Crippen LogP contribution in [-0.4, -0.2) is 47.9 Å². The average molecular weight is 384 g/mol. The third kappa shape index (κ3) is 4.24. The number of ether oxygens (including phenoxy) is 1. The summed E-state index contributed by atoms with van der Waals surface area (Å²) in [5.74, 6) is -0.387. The first-order valence-electron chi connectivity index (χ1n) is 9.33. The molecule has 0 radical (unpaired) electrons. The zero-order valence-electron chi connectivity index (χ0n) is 16.1. The fourth-order valence-electron chi connectivity index (χ4n) is 3.37. The van der Waals surface area contributed by atoms with Gasteiger partial charge in [-0.1, -0.05) is 37.3 Å². The predicted octanol–water partition coefficient (Wildman–Crippen LogP) is 2.30. The van der Waals surface area contributed by atoms with Crippen LogP contribution in [0.5, 0.6) is 5.75 Å². The molecule has 7 nitrogen and oxygen atoms in total. The lowest BCUT2D eigenvalue weighted by molar-refractivity contribution is -0.133. The second-order valence-corrected chi connectivity index (χ2v) is 6.75. The van der Waals surface area contributed by atoms with Crippen molar-refractivity contribution in [2.24, 2.45) is 0 Å². The van der Waals surface area contributed by atoms with Gasteiger partial charge < -0.3 is 19.0 Å². The van der Waals surface area contributed by atoms with Gasteiger partial charge in [-0.15, -0.1) is 0 Å². The Morgan fingerprint density at radius 1 is 1.25 bits per heavy atom. The van der Waals surface area contributed by atoms with Gasteiger partial charge in [-0.25, -0.2) is 0 Å². The molecule has 0 unspecified atom stereocenters. The average Bonchev–Trinajstić information content (AvgIpc) is 2.87. The summed E-state index contributed by atoms with van der Waals surface area (Å²) in [7, 11) is 1.36. The molecule has 0 bridgehead atoms. The van der Waals surface area contributed by atoms with Crippen LogP contribution in [-0.2, 0) is 11.3 Å². The highest BCUT2D eigenvalue weighted by Gasteiger charge is 2.32. The van der Waals surface area contributed by atoms with E-state index in [9.17, 15) is 14.4 Å². The van der Waals surface area contributed by atoms with Crippen LogP contribution in [0, 0.1) is 0 Å². The van der Waals surface area contributed by atoms with E-state index in [0.717, 1.165) is 24.3 Å². The molecular weight excluding hydrogens is 360 g/mol. The number of nitrogens with zero attached hydrogens (tertiary/aromatic N) is 2. The van der Waals surface area contributed by atoms with Crippen LogP contribution in [0.1, 0.15) is 35.9 Å². The van der Waals surface area contributed by atoms with Crippen LogP contribution >= 0.6 is 0 Å². The summed E-state index contributed by atoms with van der Waals surface area (Å²) in [4.78, 5) is 40.9. The summed E-state index contributed by atoms with van der Waals surface area (Å²) >= 11 is 0. The first kappa shape index (κ1) is 19.7. The molecule has 0 spiro atoms. The highest BCUT2D eigenvalue weighted by atomic mass is 16.5. The lowest BCUT2D eigenvalue weighted by Crippen LogP contribution is -2.43. The maximum atomic E-state index is 12.9. The van der Waals surface area contributed by atoms with Crippen molar-refractivity contribution in [1.29, 1.82) is 0 Å². The number of methoxy groups -OCH3 is 1. The SMILES string of the molecule is CC[C@@H]1CN(C(=O)c2cc(=O)c(OC)co2)CCC(=O)N1Cc1ccccc1. The van der Waals surface area contributed by atoms with Crippen LogP contribution in [0.2, 0.25) is 0 Å². The first-order chi connectivity index (χ1) is 13.5. The molecule has 2 amide bonds. The van der Waals surface area contributed by atoms with Gasteiger partial charge in [-0.2, -0.15) is 0 Å². The van der Waals surface area contributed by atoms with E-state index >= 15 is 0 Å². The number of carbonyl (C=O) groups excluding carboxylic acids is 2. The molecule has 148 valence electrons. The second kappa shape index (κ2) is 8.73. The normalized spacial score (nSPS) is 17.4. The van der Waals surface area contributed by atoms with Crippen molar-refractivity contribution in [2.75, 3.05) is 20.2 Å². The zero-order chi connectivity index (χ0) is 20.1. The van der Waals surface area contributed by atoms with Crippen molar-refractivity contribution in [3.63, 3.8) is 0 Å². The Hall–Kier alpha value is -3.09. The quantitative estimate of drug-likeness (QED) is 0.790. The number of carbonyl (C=O) groups is 2. The number of hydrogen-bond acceptors (Lipinski definition) is 5. The maximum absolute atomic E-state index is 12.9. The van der Waals surface area contributed by atoms with Crippen LogP contribution in [0.25, 0.3) is 0 Å². The molecule has 1 aliphatic rings. The molecule has 7 heteroatoms. The van der Waals surface area contributed by atoms with Gasteiger partial charge in [0.05, 0.1) is 7.11 Å². The van der Waals surface area contributed by atoms with Crippen molar-refractivity contribution in [1.82, 2.24) is 9.80 Å². The van der Waals surface area contributed by atoms with Crippen LogP contribution in [0.15, 0.2) is 51.9 Å². The van der Waals surface area contributed by atoms with Gasteiger partial charge in [0.25, 0.3) is 5.91 Å². The molecule has 0 aliphatic carbocycles. The zero-order valence-corrected chi connectivity index (χ0v) is 16.1. The summed E-state index contributed by atoms with van der Waals surface area (Å²) in [6.45, 7) is 3.19. The number of rotatable bonds is 5. The molecule has 2 aromatic rings. The number of amides is 2. The van der Waals surface area contributed by atoms with E-state index in [1.54, 1.807) is 4.90 Å². The lowest BCUT2D eigenvalue weighted by Gasteiger charge is -2.31. The van der Waals surface area contributed by atoms with E-state index in [2.05, 4.69) is 0 Å². The van der Waals surface area contributed by atoms with Crippen LogP contribution < -0.4 is 10.2 Å². The molecule has 0 saturated carbocycles. The lowest BCUT2D eigenvalue weighted by atomic mass is 10.1. The van der Waals surface area contributed by atoms with Gasteiger partial charge in [-0.05, 0) is 12.0 Å². The Kier molecular flexibility index (Phi) is 6.13. The third-order valence-corrected chi connectivity index (χ3v) is 4.97. The molecule has 1 aromatic heterocycles. The highest BCUT2D eigenvalue weighted by Crippen LogP contribution is 2.19. The Morgan fingerprint density at radius 3 is 2.64 bits per heavy atom. The van der Waals surface area contributed by atoms with Gasteiger partial charge in [0.15, 0.2) is 5.76 Å². The molecule has 2 heterocycles. The predicted molar refractivity (Wildman–Crippen MR) is 103 cm³/mol. The van der Waals surface area contributed by atoms with Gasteiger partial charge in [0.2, 0.25) is 17.1 Å².